The molecule has 29 heavy (non-hydrogen) atoms. The second kappa shape index (κ2) is 10.0. The lowest BCUT2D eigenvalue weighted by atomic mass is 9.99. The topological polar surface area (TPSA) is 41.6 Å². The number of ether oxygens (including phenoxy) is 1. The fourth-order valence-electron chi connectivity index (χ4n) is 3.79. The van der Waals surface area contributed by atoms with Gasteiger partial charge in [-0.15, -0.1) is 0 Å². The molecule has 4 nitrogen and oxygen atoms in total. The number of nitrogens with zero attached hydrogens (tertiary/aromatic N) is 1. The molecule has 1 aliphatic rings. The molecule has 5 heteroatoms. The van der Waals surface area contributed by atoms with E-state index in [1.54, 1.807) is 24.3 Å². The van der Waals surface area contributed by atoms with Crippen LogP contribution in [0.2, 0.25) is 5.02 Å². The van der Waals surface area contributed by atoms with E-state index in [1.807, 2.05) is 13.8 Å². The van der Waals surface area contributed by atoms with Gasteiger partial charge in [-0.1, -0.05) is 37.6 Å². The summed E-state index contributed by atoms with van der Waals surface area (Å²) >= 11 is 5.91. The first kappa shape index (κ1) is 21.5. The monoisotopic (exact) mass is 414 g/mol. The quantitative estimate of drug-likeness (QED) is 0.640. The number of hydrogen-bond acceptors (Lipinski definition) is 3. The normalized spacial score (nSPS) is 18.8. The van der Waals surface area contributed by atoms with Crippen molar-refractivity contribution in [3.8, 4) is 5.75 Å². The number of anilines is 1. The molecule has 0 aliphatic carbocycles. The molecule has 1 aliphatic heterocycles. The summed E-state index contributed by atoms with van der Waals surface area (Å²) in [5.74, 6) is 1.28. The largest absolute Gasteiger partial charge is 0.481 e. The molecule has 1 heterocycles. The lowest BCUT2D eigenvalue weighted by Gasteiger charge is -2.33. The fraction of sp³-hybridized carbons (Fsp3) is 0.458. The van der Waals surface area contributed by atoms with E-state index in [0.717, 1.165) is 24.6 Å². The van der Waals surface area contributed by atoms with Crippen molar-refractivity contribution >= 4 is 23.2 Å². The molecule has 0 bridgehead atoms. The number of nitrogens with one attached hydrogen (secondary N) is 1. The summed E-state index contributed by atoms with van der Waals surface area (Å²) in [6.45, 7) is 8.50. The molecule has 1 N–H and O–H groups in total. The van der Waals surface area contributed by atoms with Crippen molar-refractivity contribution in [3.05, 3.63) is 59.1 Å². The second-order valence-corrected chi connectivity index (χ2v) is 8.42. The Morgan fingerprint density at radius 2 is 1.90 bits per heavy atom. The van der Waals surface area contributed by atoms with E-state index in [-0.39, 0.29) is 11.9 Å². The van der Waals surface area contributed by atoms with E-state index in [9.17, 15) is 4.79 Å². The Morgan fingerprint density at radius 1 is 1.21 bits per heavy atom. The first-order valence-electron chi connectivity index (χ1n) is 10.5. The maximum Gasteiger partial charge on any atom is 0.261 e. The van der Waals surface area contributed by atoms with Gasteiger partial charge >= 0.3 is 0 Å². The van der Waals surface area contributed by atoms with Gasteiger partial charge in [0.15, 0.2) is 6.10 Å². The highest BCUT2D eigenvalue weighted by Gasteiger charge is 2.21. The fourth-order valence-corrected chi connectivity index (χ4v) is 3.91. The molecule has 3 rings (SSSR count). The van der Waals surface area contributed by atoms with Crippen LogP contribution >= 0.6 is 11.6 Å². The molecule has 156 valence electrons. The first-order valence-corrected chi connectivity index (χ1v) is 10.9. The van der Waals surface area contributed by atoms with Gasteiger partial charge in [0.05, 0.1) is 6.04 Å². The summed E-state index contributed by atoms with van der Waals surface area (Å²) in [4.78, 5) is 15.2. The first-order chi connectivity index (χ1) is 14.0. The maximum atomic E-state index is 12.7. The summed E-state index contributed by atoms with van der Waals surface area (Å²) < 4.78 is 5.85. The Kier molecular flexibility index (Phi) is 7.43. The molecule has 2 aromatic rings. The number of amides is 1. The SMILES string of the molecule is CC[C@@H](Oc1ccc(Cl)cc1)C(=O)N[C@H](C)c1ccc(N2CCC[C@@H](C)C2)cc1. The third-order valence-corrected chi connectivity index (χ3v) is 5.78. The van der Waals surface area contributed by atoms with Crippen LogP contribution in [0.15, 0.2) is 48.5 Å². The van der Waals surface area contributed by atoms with E-state index in [0.29, 0.717) is 17.2 Å². The van der Waals surface area contributed by atoms with Crippen LogP contribution in [0.3, 0.4) is 0 Å². The number of rotatable bonds is 7. The third kappa shape index (κ3) is 5.89. The number of halogens is 1. The minimum atomic E-state index is -0.535. The highest BCUT2D eigenvalue weighted by molar-refractivity contribution is 6.30. The van der Waals surface area contributed by atoms with Crippen LogP contribution in [-0.4, -0.2) is 25.1 Å². The zero-order valence-corrected chi connectivity index (χ0v) is 18.3. The summed E-state index contributed by atoms with van der Waals surface area (Å²) in [5, 5.41) is 3.73. The van der Waals surface area contributed by atoms with Crippen LogP contribution < -0.4 is 15.0 Å². The number of carbonyl (C=O) groups is 1. The summed E-state index contributed by atoms with van der Waals surface area (Å²) in [7, 11) is 0. The molecule has 0 aromatic heterocycles. The van der Waals surface area contributed by atoms with Gasteiger partial charge in [-0.25, -0.2) is 0 Å². The van der Waals surface area contributed by atoms with Gasteiger partial charge in [-0.05, 0) is 74.1 Å². The van der Waals surface area contributed by atoms with Crippen molar-refractivity contribution in [1.29, 1.82) is 0 Å². The smallest absolute Gasteiger partial charge is 0.261 e. The van der Waals surface area contributed by atoms with E-state index in [1.165, 1.54) is 18.5 Å². The summed E-state index contributed by atoms with van der Waals surface area (Å²) in [6.07, 6.45) is 2.62. The van der Waals surface area contributed by atoms with Gasteiger partial charge in [0.1, 0.15) is 5.75 Å². The van der Waals surface area contributed by atoms with E-state index < -0.39 is 6.10 Å². The molecule has 2 aromatic carbocycles. The van der Waals surface area contributed by atoms with Crippen LogP contribution in [0.5, 0.6) is 5.75 Å². The van der Waals surface area contributed by atoms with Crippen molar-refractivity contribution in [2.75, 3.05) is 18.0 Å². The molecule has 1 saturated heterocycles. The lowest BCUT2D eigenvalue weighted by Crippen LogP contribution is -2.39. The Morgan fingerprint density at radius 3 is 2.52 bits per heavy atom. The van der Waals surface area contributed by atoms with Crippen molar-refractivity contribution in [2.24, 2.45) is 5.92 Å². The average Bonchev–Trinajstić information content (AvgIpc) is 2.73. The van der Waals surface area contributed by atoms with Gasteiger partial charge in [0, 0.05) is 23.8 Å². The summed E-state index contributed by atoms with van der Waals surface area (Å²) in [5.41, 5.74) is 2.35. The molecule has 0 radical (unpaired) electrons. The van der Waals surface area contributed by atoms with Crippen molar-refractivity contribution < 1.29 is 9.53 Å². The van der Waals surface area contributed by atoms with E-state index >= 15 is 0 Å². The molecule has 0 saturated carbocycles. The predicted molar refractivity (Wildman–Crippen MR) is 120 cm³/mol. The maximum absolute atomic E-state index is 12.7. The molecular formula is C24H31ClN2O2. The zero-order valence-electron chi connectivity index (χ0n) is 17.5. The lowest BCUT2D eigenvalue weighted by molar-refractivity contribution is -0.128. The molecule has 0 unspecified atom stereocenters. The molecular weight excluding hydrogens is 384 g/mol. The number of piperidine rings is 1. The molecule has 3 atom stereocenters. The molecule has 0 spiro atoms. The predicted octanol–water partition coefficient (Wildman–Crippen LogP) is 5.61. The van der Waals surface area contributed by atoms with Crippen LogP contribution in [-0.2, 0) is 4.79 Å². The van der Waals surface area contributed by atoms with Gasteiger partial charge in [-0.3, -0.25) is 4.79 Å². The Bertz CT molecular complexity index is 792. The van der Waals surface area contributed by atoms with Crippen molar-refractivity contribution in [2.45, 2.75) is 52.2 Å². The Hall–Kier alpha value is -2.20. The minimum absolute atomic E-state index is 0.0836. The average molecular weight is 415 g/mol. The minimum Gasteiger partial charge on any atom is -0.481 e. The van der Waals surface area contributed by atoms with Crippen LogP contribution in [0, 0.1) is 5.92 Å². The highest BCUT2D eigenvalue weighted by Crippen LogP contribution is 2.25. The van der Waals surface area contributed by atoms with Crippen molar-refractivity contribution in [1.82, 2.24) is 5.32 Å². The van der Waals surface area contributed by atoms with Crippen molar-refractivity contribution in [3.63, 3.8) is 0 Å². The van der Waals surface area contributed by atoms with Crippen LogP contribution in [0.4, 0.5) is 5.69 Å². The van der Waals surface area contributed by atoms with Gasteiger partial charge in [0.25, 0.3) is 5.91 Å². The third-order valence-electron chi connectivity index (χ3n) is 5.53. The molecule has 1 fully saturated rings. The van der Waals surface area contributed by atoms with Gasteiger partial charge in [-0.2, -0.15) is 0 Å². The van der Waals surface area contributed by atoms with Gasteiger partial charge in [0.2, 0.25) is 0 Å². The van der Waals surface area contributed by atoms with Crippen LogP contribution in [0.1, 0.15) is 51.6 Å². The standard InChI is InChI=1S/C24H31ClN2O2/c1-4-23(29-22-13-9-20(25)10-14-22)24(28)26-18(3)19-7-11-21(12-8-19)27-15-5-6-17(2)16-27/h7-14,17-18,23H,4-6,15-16H2,1-3H3,(H,26,28)/t17-,18-,23-/m1/s1. The summed E-state index contributed by atoms with van der Waals surface area (Å²) in [6, 6.07) is 15.5. The number of benzene rings is 2. The molecule has 1 amide bonds. The second-order valence-electron chi connectivity index (χ2n) is 7.98. The Balaban J connectivity index is 1.58. The highest BCUT2D eigenvalue weighted by atomic mass is 35.5. The van der Waals surface area contributed by atoms with Gasteiger partial charge < -0.3 is 15.0 Å². The van der Waals surface area contributed by atoms with Crippen LogP contribution in [0.25, 0.3) is 0 Å². The Labute approximate surface area is 179 Å². The van der Waals surface area contributed by atoms with E-state index in [4.69, 9.17) is 16.3 Å². The number of hydrogen-bond donors (Lipinski definition) is 1. The number of carbonyl (C=O) groups excluding carboxylic acids is 1. The van der Waals surface area contributed by atoms with E-state index in [2.05, 4.69) is 41.4 Å². The zero-order chi connectivity index (χ0) is 20.8.